The van der Waals surface area contributed by atoms with Crippen molar-refractivity contribution in [1.82, 2.24) is 9.78 Å². The summed E-state index contributed by atoms with van der Waals surface area (Å²) in [5.41, 5.74) is 2.14. The second kappa shape index (κ2) is 5.67. The molecule has 5 nitrogen and oxygen atoms in total. The van der Waals surface area contributed by atoms with Gasteiger partial charge in [-0.1, -0.05) is 18.2 Å². The Bertz CT molecular complexity index is 578. The number of hydrogen-bond donors (Lipinski definition) is 1. The topological polar surface area (TPSA) is 64.3 Å². The fourth-order valence-electron chi connectivity index (χ4n) is 1.82. The Morgan fingerprint density at radius 1 is 1.47 bits per heavy atom. The number of aliphatic hydroxyl groups is 1. The summed E-state index contributed by atoms with van der Waals surface area (Å²) in [6, 6.07) is 7.07. The molecule has 1 aromatic carbocycles. The van der Waals surface area contributed by atoms with Crippen LogP contribution in [0, 0.1) is 6.92 Å². The first kappa shape index (κ1) is 13.3. The minimum absolute atomic E-state index is 0.235. The lowest BCUT2D eigenvalue weighted by molar-refractivity contribution is -0.153. The van der Waals surface area contributed by atoms with E-state index in [0.717, 1.165) is 5.56 Å². The molecule has 1 unspecified atom stereocenters. The fraction of sp³-hybridized carbons (Fsp3) is 0.286. The lowest BCUT2D eigenvalue weighted by Gasteiger charge is -2.14. The van der Waals surface area contributed by atoms with Gasteiger partial charge in [-0.3, -0.25) is 0 Å². The number of aryl methyl sites for hydroxylation is 1. The van der Waals surface area contributed by atoms with Crippen LogP contribution in [0.3, 0.4) is 0 Å². The van der Waals surface area contributed by atoms with Crippen molar-refractivity contribution in [3.8, 4) is 5.69 Å². The number of aromatic nitrogens is 2. The normalized spacial score (nSPS) is 12.2. The molecule has 5 heteroatoms. The van der Waals surface area contributed by atoms with Gasteiger partial charge in [0.25, 0.3) is 0 Å². The molecule has 1 atom stereocenters. The number of esters is 1. The van der Waals surface area contributed by atoms with E-state index < -0.39 is 12.1 Å². The van der Waals surface area contributed by atoms with Gasteiger partial charge in [-0.25, -0.2) is 9.48 Å². The van der Waals surface area contributed by atoms with Gasteiger partial charge < -0.3 is 9.84 Å². The number of aliphatic hydroxyl groups excluding tert-OH is 1. The number of nitrogens with zero attached hydrogens (tertiary/aromatic N) is 2. The largest absolute Gasteiger partial charge is 0.464 e. The third kappa shape index (κ3) is 2.82. The third-order valence-corrected chi connectivity index (χ3v) is 2.70. The van der Waals surface area contributed by atoms with E-state index in [1.807, 2.05) is 19.2 Å². The third-order valence-electron chi connectivity index (χ3n) is 2.70. The zero-order valence-corrected chi connectivity index (χ0v) is 10.9. The Morgan fingerprint density at radius 2 is 2.21 bits per heavy atom. The molecule has 0 aliphatic carbocycles. The molecule has 1 aromatic heterocycles. The van der Waals surface area contributed by atoms with E-state index in [1.54, 1.807) is 36.0 Å². The minimum atomic E-state index is -1.30. The molecule has 100 valence electrons. The van der Waals surface area contributed by atoms with E-state index in [2.05, 4.69) is 5.10 Å². The molecule has 0 spiro atoms. The zero-order chi connectivity index (χ0) is 13.8. The maximum Gasteiger partial charge on any atom is 0.339 e. The molecule has 19 heavy (non-hydrogen) atoms. The second-order valence-electron chi connectivity index (χ2n) is 4.18. The van der Waals surface area contributed by atoms with Crippen molar-refractivity contribution in [2.24, 2.45) is 0 Å². The Hall–Kier alpha value is -2.14. The minimum Gasteiger partial charge on any atom is -0.464 e. The van der Waals surface area contributed by atoms with E-state index in [-0.39, 0.29) is 6.61 Å². The molecule has 2 rings (SSSR count). The van der Waals surface area contributed by atoms with Gasteiger partial charge in [0.15, 0.2) is 6.10 Å². The first-order valence-corrected chi connectivity index (χ1v) is 6.08. The summed E-state index contributed by atoms with van der Waals surface area (Å²) in [5.74, 6) is -0.654. The van der Waals surface area contributed by atoms with Crippen LogP contribution in [0.2, 0.25) is 0 Å². The molecule has 0 radical (unpaired) electrons. The van der Waals surface area contributed by atoms with Gasteiger partial charge >= 0.3 is 5.97 Å². The van der Waals surface area contributed by atoms with Crippen molar-refractivity contribution < 1.29 is 14.6 Å². The van der Waals surface area contributed by atoms with Crippen molar-refractivity contribution in [1.29, 1.82) is 0 Å². The van der Waals surface area contributed by atoms with Gasteiger partial charge in [-0.15, -0.1) is 0 Å². The van der Waals surface area contributed by atoms with E-state index in [0.29, 0.717) is 11.3 Å². The molecule has 0 saturated carbocycles. The van der Waals surface area contributed by atoms with Gasteiger partial charge in [0.1, 0.15) is 0 Å². The SMILES string of the molecule is CCOC(=O)C(O)c1ccccc1-n1cc(C)cn1. The van der Waals surface area contributed by atoms with Gasteiger partial charge in [-0.2, -0.15) is 5.10 Å². The van der Waals surface area contributed by atoms with Crippen LogP contribution in [0.15, 0.2) is 36.7 Å². The van der Waals surface area contributed by atoms with Crippen LogP contribution in [0.25, 0.3) is 5.69 Å². The molecular formula is C14H16N2O3. The molecule has 2 aromatic rings. The highest BCUT2D eigenvalue weighted by Crippen LogP contribution is 2.22. The first-order valence-electron chi connectivity index (χ1n) is 6.08. The predicted molar refractivity (Wildman–Crippen MR) is 69.9 cm³/mol. The first-order chi connectivity index (χ1) is 9.13. The summed E-state index contributed by atoms with van der Waals surface area (Å²) in [6.45, 7) is 3.86. The number of carbonyl (C=O) groups excluding carboxylic acids is 1. The summed E-state index contributed by atoms with van der Waals surface area (Å²) in [4.78, 5) is 11.6. The Morgan fingerprint density at radius 3 is 2.84 bits per heavy atom. The van der Waals surface area contributed by atoms with Gasteiger partial charge in [0.05, 0.1) is 18.5 Å². The zero-order valence-electron chi connectivity index (χ0n) is 10.9. The quantitative estimate of drug-likeness (QED) is 0.851. The van der Waals surface area contributed by atoms with Crippen LogP contribution in [-0.2, 0) is 9.53 Å². The summed E-state index contributed by atoms with van der Waals surface area (Å²) in [5, 5.41) is 14.2. The maximum absolute atomic E-state index is 11.6. The Kier molecular flexibility index (Phi) is 3.97. The number of rotatable bonds is 4. The molecule has 0 fully saturated rings. The van der Waals surface area contributed by atoms with Crippen LogP contribution in [0.4, 0.5) is 0 Å². The Labute approximate surface area is 111 Å². The highest BCUT2D eigenvalue weighted by molar-refractivity contribution is 5.77. The van der Waals surface area contributed by atoms with E-state index in [9.17, 15) is 9.90 Å². The van der Waals surface area contributed by atoms with Crippen LogP contribution in [-0.4, -0.2) is 27.5 Å². The summed E-state index contributed by atoms with van der Waals surface area (Å²) in [6.07, 6.45) is 2.24. The number of ether oxygens (including phenoxy) is 1. The van der Waals surface area contributed by atoms with Gasteiger partial charge in [0, 0.05) is 11.8 Å². The summed E-state index contributed by atoms with van der Waals surface area (Å²) < 4.78 is 6.47. The standard InChI is InChI=1S/C14H16N2O3/c1-3-19-14(18)13(17)11-6-4-5-7-12(11)16-9-10(2)8-15-16/h4-9,13,17H,3H2,1-2H3. The predicted octanol–water partition coefficient (Wildman–Crippen LogP) is 1.78. The van der Waals surface area contributed by atoms with Crippen LogP contribution < -0.4 is 0 Å². The molecule has 0 amide bonds. The highest BCUT2D eigenvalue weighted by Gasteiger charge is 2.22. The lowest BCUT2D eigenvalue weighted by Crippen LogP contribution is -2.17. The monoisotopic (exact) mass is 260 g/mol. The van der Waals surface area contributed by atoms with Crippen molar-refractivity contribution in [3.05, 3.63) is 47.8 Å². The molecule has 0 aliphatic rings. The van der Waals surface area contributed by atoms with Crippen LogP contribution in [0.1, 0.15) is 24.2 Å². The van der Waals surface area contributed by atoms with Crippen molar-refractivity contribution >= 4 is 5.97 Å². The van der Waals surface area contributed by atoms with Crippen LogP contribution in [0.5, 0.6) is 0 Å². The average Bonchev–Trinajstić information content (AvgIpc) is 2.85. The number of benzene rings is 1. The molecule has 1 heterocycles. The van der Waals surface area contributed by atoms with Gasteiger partial charge in [-0.05, 0) is 25.5 Å². The van der Waals surface area contributed by atoms with E-state index in [4.69, 9.17) is 4.74 Å². The van der Waals surface area contributed by atoms with Crippen LogP contribution >= 0.6 is 0 Å². The number of para-hydroxylation sites is 1. The second-order valence-corrected chi connectivity index (χ2v) is 4.18. The fourth-order valence-corrected chi connectivity index (χ4v) is 1.82. The highest BCUT2D eigenvalue weighted by atomic mass is 16.5. The molecule has 1 N–H and O–H groups in total. The summed E-state index contributed by atoms with van der Waals surface area (Å²) in [7, 11) is 0. The maximum atomic E-state index is 11.6. The van der Waals surface area contributed by atoms with Crippen molar-refractivity contribution in [3.63, 3.8) is 0 Å². The van der Waals surface area contributed by atoms with E-state index >= 15 is 0 Å². The molecule has 0 bridgehead atoms. The van der Waals surface area contributed by atoms with Crippen molar-refractivity contribution in [2.75, 3.05) is 6.61 Å². The number of hydrogen-bond acceptors (Lipinski definition) is 4. The lowest BCUT2D eigenvalue weighted by atomic mass is 10.1. The Balaban J connectivity index is 2.39. The molecular weight excluding hydrogens is 244 g/mol. The van der Waals surface area contributed by atoms with E-state index in [1.165, 1.54) is 0 Å². The summed E-state index contributed by atoms with van der Waals surface area (Å²) >= 11 is 0. The van der Waals surface area contributed by atoms with Gasteiger partial charge in [0.2, 0.25) is 0 Å². The van der Waals surface area contributed by atoms with Crippen molar-refractivity contribution in [2.45, 2.75) is 20.0 Å². The molecule has 0 saturated heterocycles. The molecule has 0 aliphatic heterocycles. The number of carbonyl (C=O) groups is 1. The smallest absolute Gasteiger partial charge is 0.339 e. The average molecular weight is 260 g/mol.